The number of nitrogens with zero attached hydrogens (tertiary/aromatic N) is 2. The molecule has 0 spiro atoms. The predicted molar refractivity (Wildman–Crippen MR) is 70.5 cm³/mol. The molecular weight excluding hydrogens is 244 g/mol. The Morgan fingerprint density at radius 2 is 2.26 bits per heavy atom. The summed E-state index contributed by atoms with van der Waals surface area (Å²) in [5.74, 6) is 1.98. The molecule has 1 amide bonds. The van der Waals surface area contributed by atoms with Crippen molar-refractivity contribution in [2.45, 2.75) is 57.4 Å². The number of nitrogens with one attached hydrogen (secondary N) is 1. The second-order valence-electron chi connectivity index (χ2n) is 5.94. The van der Waals surface area contributed by atoms with E-state index < -0.39 is 0 Å². The molecule has 1 aromatic heterocycles. The molecule has 1 aromatic rings. The Morgan fingerprint density at radius 3 is 2.89 bits per heavy atom. The van der Waals surface area contributed by atoms with Gasteiger partial charge in [0.1, 0.15) is 0 Å². The van der Waals surface area contributed by atoms with Crippen LogP contribution < -0.4 is 11.1 Å². The van der Waals surface area contributed by atoms with E-state index in [4.69, 9.17) is 10.3 Å². The van der Waals surface area contributed by atoms with Gasteiger partial charge in [-0.05, 0) is 33.1 Å². The summed E-state index contributed by atoms with van der Waals surface area (Å²) >= 11 is 0. The average molecular weight is 266 g/mol. The summed E-state index contributed by atoms with van der Waals surface area (Å²) in [6, 6.07) is 0. The lowest BCUT2D eigenvalue weighted by Gasteiger charge is -2.18. The molecule has 0 aromatic carbocycles. The van der Waals surface area contributed by atoms with Crippen LogP contribution in [0.3, 0.4) is 0 Å². The van der Waals surface area contributed by atoms with Gasteiger partial charge in [-0.2, -0.15) is 4.98 Å². The van der Waals surface area contributed by atoms with Gasteiger partial charge in [-0.25, -0.2) is 0 Å². The van der Waals surface area contributed by atoms with Crippen molar-refractivity contribution in [3.05, 3.63) is 11.7 Å². The van der Waals surface area contributed by atoms with Crippen molar-refractivity contribution in [2.24, 2.45) is 5.73 Å². The Labute approximate surface area is 113 Å². The van der Waals surface area contributed by atoms with Crippen molar-refractivity contribution in [2.75, 3.05) is 6.54 Å². The minimum Gasteiger partial charge on any atom is -0.354 e. The number of hydrogen-bond donors (Lipinski definition) is 2. The van der Waals surface area contributed by atoms with Crippen LogP contribution in [0.4, 0.5) is 0 Å². The van der Waals surface area contributed by atoms with Gasteiger partial charge in [0.15, 0.2) is 5.82 Å². The largest absolute Gasteiger partial charge is 0.354 e. The molecular formula is C13H22N4O2. The first-order valence-electron chi connectivity index (χ1n) is 6.82. The number of hydrogen-bond acceptors (Lipinski definition) is 5. The SMILES string of the molecule is CC(C)(N)CNC(=O)CCCc1nc(C2CC2)no1. The van der Waals surface area contributed by atoms with Gasteiger partial charge >= 0.3 is 0 Å². The Bertz CT molecular complexity index is 432. The molecule has 1 heterocycles. The van der Waals surface area contributed by atoms with Crippen molar-refractivity contribution < 1.29 is 9.32 Å². The second kappa shape index (κ2) is 5.69. The van der Waals surface area contributed by atoms with E-state index in [9.17, 15) is 4.79 Å². The van der Waals surface area contributed by atoms with Gasteiger partial charge in [-0.1, -0.05) is 5.16 Å². The lowest BCUT2D eigenvalue weighted by atomic mass is 10.1. The van der Waals surface area contributed by atoms with E-state index in [-0.39, 0.29) is 11.4 Å². The molecule has 0 unspecified atom stereocenters. The predicted octanol–water partition coefficient (Wildman–Crippen LogP) is 1.12. The zero-order valence-corrected chi connectivity index (χ0v) is 11.6. The first kappa shape index (κ1) is 14.0. The summed E-state index contributed by atoms with van der Waals surface area (Å²) in [7, 11) is 0. The summed E-state index contributed by atoms with van der Waals surface area (Å²) in [5, 5.41) is 6.75. The van der Waals surface area contributed by atoms with Gasteiger partial charge in [0.2, 0.25) is 11.8 Å². The highest BCUT2D eigenvalue weighted by molar-refractivity contribution is 5.75. The molecule has 6 heteroatoms. The smallest absolute Gasteiger partial charge is 0.226 e. The molecule has 3 N–H and O–H groups in total. The maximum absolute atomic E-state index is 11.6. The van der Waals surface area contributed by atoms with E-state index in [1.807, 2.05) is 13.8 Å². The van der Waals surface area contributed by atoms with Crippen LogP contribution in [-0.4, -0.2) is 28.1 Å². The van der Waals surface area contributed by atoms with Gasteiger partial charge in [0.05, 0.1) is 0 Å². The quantitative estimate of drug-likeness (QED) is 0.771. The Balaban J connectivity index is 1.63. The molecule has 0 atom stereocenters. The minimum atomic E-state index is -0.374. The van der Waals surface area contributed by atoms with Crippen LogP contribution >= 0.6 is 0 Å². The van der Waals surface area contributed by atoms with Crippen LogP contribution in [0.5, 0.6) is 0 Å². The van der Waals surface area contributed by atoms with Crippen LogP contribution in [0.25, 0.3) is 0 Å². The highest BCUT2D eigenvalue weighted by Crippen LogP contribution is 2.38. The number of nitrogens with two attached hydrogens (primary N) is 1. The van der Waals surface area contributed by atoms with Gasteiger partial charge < -0.3 is 15.6 Å². The van der Waals surface area contributed by atoms with Crippen LogP contribution in [0.15, 0.2) is 4.52 Å². The van der Waals surface area contributed by atoms with E-state index in [0.717, 1.165) is 18.7 Å². The topological polar surface area (TPSA) is 94.0 Å². The minimum absolute atomic E-state index is 0.0143. The van der Waals surface area contributed by atoms with Crippen molar-refractivity contribution in [1.29, 1.82) is 0 Å². The average Bonchev–Trinajstić information content (AvgIpc) is 3.07. The first-order chi connectivity index (χ1) is 8.94. The summed E-state index contributed by atoms with van der Waals surface area (Å²) in [5.41, 5.74) is 5.42. The molecule has 6 nitrogen and oxygen atoms in total. The van der Waals surface area contributed by atoms with Crippen LogP contribution in [0.2, 0.25) is 0 Å². The summed E-state index contributed by atoms with van der Waals surface area (Å²) in [4.78, 5) is 15.9. The van der Waals surface area contributed by atoms with Crippen LogP contribution in [-0.2, 0) is 11.2 Å². The number of aromatic nitrogens is 2. The van der Waals surface area contributed by atoms with E-state index in [1.165, 1.54) is 0 Å². The van der Waals surface area contributed by atoms with E-state index in [2.05, 4.69) is 15.5 Å². The Kier molecular flexibility index (Phi) is 4.19. The summed E-state index contributed by atoms with van der Waals surface area (Å²) < 4.78 is 5.15. The van der Waals surface area contributed by atoms with E-state index >= 15 is 0 Å². The standard InChI is InChI=1S/C13H22N4O2/c1-13(2,14)8-15-10(18)4-3-5-11-16-12(17-19-11)9-6-7-9/h9H,3-8,14H2,1-2H3,(H,15,18). The van der Waals surface area contributed by atoms with Gasteiger partial charge in [0.25, 0.3) is 0 Å². The van der Waals surface area contributed by atoms with Gasteiger partial charge in [-0.3, -0.25) is 4.79 Å². The monoisotopic (exact) mass is 266 g/mol. The normalized spacial score (nSPS) is 15.5. The highest BCUT2D eigenvalue weighted by Gasteiger charge is 2.28. The first-order valence-corrected chi connectivity index (χ1v) is 6.82. The van der Waals surface area contributed by atoms with Gasteiger partial charge in [-0.15, -0.1) is 0 Å². The maximum atomic E-state index is 11.6. The molecule has 1 saturated carbocycles. The highest BCUT2D eigenvalue weighted by atomic mass is 16.5. The Hall–Kier alpha value is -1.43. The molecule has 0 bridgehead atoms. The van der Waals surface area contributed by atoms with Crippen LogP contribution in [0.1, 0.15) is 57.2 Å². The third-order valence-corrected chi connectivity index (χ3v) is 2.96. The van der Waals surface area contributed by atoms with Crippen molar-refractivity contribution >= 4 is 5.91 Å². The zero-order chi connectivity index (χ0) is 13.9. The number of rotatable bonds is 7. The fourth-order valence-electron chi connectivity index (χ4n) is 1.69. The van der Waals surface area contributed by atoms with Crippen molar-refractivity contribution in [1.82, 2.24) is 15.5 Å². The molecule has 19 heavy (non-hydrogen) atoms. The summed E-state index contributed by atoms with van der Waals surface area (Å²) in [6.45, 7) is 4.24. The molecule has 2 rings (SSSR count). The van der Waals surface area contributed by atoms with Crippen LogP contribution in [0, 0.1) is 0 Å². The molecule has 0 saturated heterocycles. The number of amides is 1. The molecule has 1 aliphatic rings. The fraction of sp³-hybridized carbons (Fsp3) is 0.769. The molecule has 1 fully saturated rings. The molecule has 0 aliphatic heterocycles. The number of carbonyl (C=O) groups is 1. The number of carbonyl (C=O) groups excluding carboxylic acids is 1. The second-order valence-corrected chi connectivity index (χ2v) is 5.94. The lowest BCUT2D eigenvalue weighted by molar-refractivity contribution is -0.121. The summed E-state index contributed by atoms with van der Waals surface area (Å²) in [6.07, 6.45) is 4.14. The van der Waals surface area contributed by atoms with E-state index in [0.29, 0.717) is 37.6 Å². The third kappa shape index (κ3) is 4.98. The van der Waals surface area contributed by atoms with Gasteiger partial charge in [0, 0.05) is 30.8 Å². The van der Waals surface area contributed by atoms with Crippen molar-refractivity contribution in [3.63, 3.8) is 0 Å². The molecule has 0 radical (unpaired) electrons. The number of aryl methyl sites for hydroxylation is 1. The Morgan fingerprint density at radius 1 is 1.53 bits per heavy atom. The molecule has 1 aliphatic carbocycles. The molecule has 106 valence electrons. The third-order valence-electron chi connectivity index (χ3n) is 2.96. The fourth-order valence-corrected chi connectivity index (χ4v) is 1.69. The zero-order valence-electron chi connectivity index (χ0n) is 11.6. The lowest BCUT2D eigenvalue weighted by Crippen LogP contribution is -2.45. The van der Waals surface area contributed by atoms with Crippen molar-refractivity contribution in [3.8, 4) is 0 Å². The van der Waals surface area contributed by atoms with E-state index in [1.54, 1.807) is 0 Å². The maximum Gasteiger partial charge on any atom is 0.226 e.